The number of anilines is 1. The lowest BCUT2D eigenvalue weighted by molar-refractivity contribution is -0.125. The lowest BCUT2D eigenvalue weighted by Gasteiger charge is -2.29. The molecule has 1 aliphatic carbocycles. The molecule has 2 aromatic carbocycles. The van der Waals surface area contributed by atoms with Crippen molar-refractivity contribution >= 4 is 23.5 Å². The summed E-state index contributed by atoms with van der Waals surface area (Å²) in [6.45, 7) is 1.42. The summed E-state index contributed by atoms with van der Waals surface area (Å²) in [5.74, 6) is -0.978. The zero-order chi connectivity index (χ0) is 24.5. The fourth-order valence-electron chi connectivity index (χ4n) is 3.78. The van der Waals surface area contributed by atoms with Crippen LogP contribution in [-0.4, -0.2) is 44.1 Å². The summed E-state index contributed by atoms with van der Waals surface area (Å²) < 4.78 is 28.8. The number of hydrogen-bond acceptors (Lipinski definition) is 6. The lowest BCUT2D eigenvalue weighted by atomic mass is 9.86. The lowest BCUT2D eigenvalue weighted by Crippen LogP contribution is -2.42. The van der Waals surface area contributed by atoms with Crippen molar-refractivity contribution in [3.63, 3.8) is 0 Å². The Labute approximate surface area is 197 Å². The summed E-state index contributed by atoms with van der Waals surface area (Å²) >= 11 is 0. The minimum absolute atomic E-state index is 0.108. The first-order valence-corrected chi connectivity index (χ1v) is 11.2. The highest BCUT2D eigenvalue weighted by atomic mass is 19.1. The van der Waals surface area contributed by atoms with Crippen LogP contribution in [0.3, 0.4) is 0 Å². The van der Waals surface area contributed by atoms with Crippen molar-refractivity contribution in [1.29, 1.82) is 0 Å². The Morgan fingerprint density at radius 1 is 0.971 bits per heavy atom. The molecule has 0 aromatic heterocycles. The maximum atomic E-state index is 13.0. The third-order valence-electron chi connectivity index (χ3n) is 5.68. The average Bonchev–Trinajstić information content (AvgIpc) is 2.84. The highest BCUT2D eigenvalue weighted by Crippen LogP contribution is 2.28. The number of nitrogens with one attached hydrogen (secondary N) is 2. The number of halogens is 1. The van der Waals surface area contributed by atoms with Crippen LogP contribution in [0.5, 0.6) is 11.5 Å². The van der Waals surface area contributed by atoms with Crippen molar-refractivity contribution in [2.75, 3.05) is 25.6 Å². The molecule has 0 spiro atoms. The molecular formula is C25H29FN2O6. The van der Waals surface area contributed by atoms with E-state index in [1.807, 2.05) is 0 Å². The Hall–Kier alpha value is -3.62. The van der Waals surface area contributed by atoms with Crippen LogP contribution in [0.25, 0.3) is 0 Å². The summed E-state index contributed by atoms with van der Waals surface area (Å²) in [6.07, 6.45) is 4.26. The summed E-state index contributed by atoms with van der Waals surface area (Å²) in [4.78, 5) is 36.6. The summed E-state index contributed by atoms with van der Waals surface area (Å²) in [5.41, 5.74) is 0.612. The van der Waals surface area contributed by atoms with Crippen LogP contribution in [0.2, 0.25) is 0 Å². The Kier molecular flexibility index (Phi) is 8.84. The minimum Gasteiger partial charge on any atom is -0.493 e. The summed E-state index contributed by atoms with van der Waals surface area (Å²) in [5, 5.41) is 5.52. The van der Waals surface area contributed by atoms with Crippen LogP contribution in [0.1, 0.15) is 43.0 Å². The zero-order valence-corrected chi connectivity index (χ0v) is 19.3. The second-order valence-electron chi connectivity index (χ2n) is 8.22. The normalized spacial score (nSPS) is 17.4. The Morgan fingerprint density at radius 3 is 2.41 bits per heavy atom. The molecule has 34 heavy (non-hydrogen) atoms. The topological polar surface area (TPSA) is 103 Å². The number of benzene rings is 2. The van der Waals surface area contributed by atoms with E-state index in [1.165, 1.54) is 56.0 Å². The molecule has 0 saturated heterocycles. The number of rotatable bonds is 9. The molecule has 2 atom stereocenters. The van der Waals surface area contributed by atoms with Crippen molar-refractivity contribution < 1.29 is 33.0 Å². The maximum absolute atomic E-state index is 13.0. The van der Waals surface area contributed by atoms with E-state index in [0.717, 1.165) is 19.3 Å². The number of methoxy groups -OCH3 is 1. The van der Waals surface area contributed by atoms with Crippen LogP contribution >= 0.6 is 0 Å². The van der Waals surface area contributed by atoms with Crippen molar-refractivity contribution in [1.82, 2.24) is 5.32 Å². The molecule has 0 heterocycles. The molecule has 1 aliphatic rings. The van der Waals surface area contributed by atoms with E-state index in [2.05, 4.69) is 17.6 Å². The fourth-order valence-corrected chi connectivity index (χ4v) is 3.78. The molecule has 2 N–H and O–H groups in total. The molecule has 0 radical (unpaired) electrons. The van der Waals surface area contributed by atoms with Crippen molar-refractivity contribution in [3.05, 3.63) is 53.8 Å². The summed E-state index contributed by atoms with van der Waals surface area (Å²) in [7, 11) is 1.40. The second kappa shape index (κ2) is 12.0. The van der Waals surface area contributed by atoms with Crippen molar-refractivity contribution in [2.24, 2.45) is 5.92 Å². The zero-order valence-electron chi connectivity index (χ0n) is 19.3. The molecule has 8 nitrogen and oxygen atoms in total. The number of carbonyl (C=O) groups excluding carboxylic acids is 3. The third kappa shape index (κ3) is 7.19. The van der Waals surface area contributed by atoms with Gasteiger partial charge in [-0.05, 0) is 61.2 Å². The van der Waals surface area contributed by atoms with Crippen LogP contribution in [0.15, 0.2) is 42.5 Å². The minimum atomic E-state index is -0.675. The molecule has 2 amide bonds. The molecule has 1 saturated carbocycles. The van der Waals surface area contributed by atoms with Gasteiger partial charge in [-0.15, -0.1) is 0 Å². The monoisotopic (exact) mass is 472 g/mol. The standard InChI is InChI=1S/C25H29FN2O6/c1-16-5-3-4-6-20(16)28-24(30)15-34-25(31)17-7-12-21(22(13-17)32-2)33-14-23(29)27-19-10-8-18(26)9-11-19/h7-13,16,20H,3-6,14-15H2,1-2H3,(H,27,29)(H,28,30). The van der Waals surface area contributed by atoms with Crippen molar-refractivity contribution in [2.45, 2.75) is 38.6 Å². The first kappa shape index (κ1) is 25.0. The molecule has 2 unspecified atom stereocenters. The van der Waals surface area contributed by atoms with Gasteiger partial charge in [-0.25, -0.2) is 9.18 Å². The first-order chi connectivity index (χ1) is 16.4. The van der Waals surface area contributed by atoms with Gasteiger partial charge in [0.2, 0.25) is 0 Å². The van der Waals surface area contributed by atoms with E-state index in [1.54, 1.807) is 0 Å². The molecule has 182 valence electrons. The Bertz CT molecular complexity index is 1010. The van der Waals surface area contributed by atoms with E-state index in [4.69, 9.17) is 14.2 Å². The van der Waals surface area contributed by atoms with E-state index >= 15 is 0 Å². The van der Waals surface area contributed by atoms with Crippen LogP contribution in [0, 0.1) is 11.7 Å². The van der Waals surface area contributed by atoms with Gasteiger partial charge in [0.15, 0.2) is 24.7 Å². The number of amides is 2. The molecule has 1 fully saturated rings. The van der Waals surface area contributed by atoms with Gasteiger partial charge in [-0.1, -0.05) is 19.8 Å². The van der Waals surface area contributed by atoms with Gasteiger partial charge < -0.3 is 24.8 Å². The SMILES string of the molecule is COc1cc(C(=O)OCC(=O)NC2CCCCC2C)ccc1OCC(=O)Nc1ccc(F)cc1. The number of carbonyl (C=O) groups is 3. The Balaban J connectivity index is 1.50. The summed E-state index contributed by atoms with van der Waals surface area (Å²) in [6, 6.07) is 9.79. The van der Waals surface area contributed by atoms with E-state index in [-0.39, 0.29) is 42.2 Å². The van der Waals surface area contributed by atoms with Gasteiger partial charge in [0, 0.05) is 11.7 Å². The van der Waals surface area contributed by atoms with Gasteiger partial charge in [0.25, 0.3) is 11.8 Å². The number of esters is 1. The van der Waals surface area contributed by atoms with Gasteiger partial charge in [-0.2, -0.15) is 0 Å². The molecule has 3 rings (SSSR count). The average molecular weight is 473 g/mol. The highest BCUT2D eigenvalue weighted by molar-refractivity contribution is 5.93. The largest absolute Gasteiger partial charge is 0.493 e. The van der Waals surface area contributed by atoms with E-state index in [0.29, 0.717) is 11.6 Å². The van der Waals surface area contributed by atoms with Gasteiger partial charge >= 0.3 is 5.97 Å². The predicted molar refractivity (Wildman–Crippen MR) is 123 cm³/mol. The van der Waals surface area contributed by atoms with Gasteiger partial charge in [0.05, 0.1) is 12.7 Å². The molecule has 2 aromatic rings. The van der Waals surface area contributed by atoms with E-state index < -0.39 is 17.7 Å². The smallest absolute Gasteiger partial charge is 0.338 e. The molecule has 9 heteroatoms. The highest BCUT2D eigenvalue weighted by Gasteiger charge is 2.23. The molecule has 0 aliphatic heterocycles. The second-order valence-corrected chi connectivity index (χ2v) is 8.22. The molecular weight excluding hydrogens is 443 g/mol. The molecule has 0 bridgehead atoms. The Morgan fingerprint density at radius 2 is 1.71 bits per heavy atom. The van der Waals surface area contributed by atoms with Crippen LogP contribution < -0.4 is 20.1 Å². The van der Waals surface area contributed by atoms with Crippen molar-refractivity contribution in [3.8, 4) is 11.5 Å². The predicted octanol–water partition coefficient (Wildman–Crippen LogP) is 3.70. The van der Waals surface area contributed by atoms with Crippen LogP contribution in [0.4, 0.5) is 10.1 Å². The first-order valence-electron chi connectivity index (χ1n) is 11.2. The third-order valence-corrected chi connectivity index (χ3v) is 5.68. The van der Waals surface area contributed by atoms with E-state index in [9.17, 15) is 18.8 Å². The van der Waals surface area contributed by atoms with Gasteiger partial charge in [0.1, 0.15) is 5.82 Å². The number of hydrogen-bond donors (Lipinski definition) is 2. The number of ether oxygens (including phenoxy) is 3. The van der Waals surface area contributed by atoms with Crippen LogP contribution in [-0.2, 0) is 14.3 Å². The maximum Gasteiger partial charge on any atom is 0.338 e. The fraction of sp³-hybridized carbons (Fsp3) is 0.400. The quantitative estimate of drug-likeness (QED) is 0.540. The van der Waals surface area contributed by atoms with Gasteiger partial charge in [-0.3, -0.25) is 9.59 Å².